The molecule has 1 rings (SSSR count). The largest absolute Gasteiger partial charge is 0.394 e. The zero-order chi connectivity index (χ0) is 52.9. The highest BCUT2D eigenvalue weighted by atomic mass is 16.7. The topological polar surface area (TPSA) is 149 Å². The monoisotopic (exact) mass is 1020 g/mol. The summed E-state index contributed by atoms with van der Waals surface area (Å²) >= 11 is 0. The van der Waals surface area contributed by atoms with E-state index in [2.05, 4.69) is 116 Å². The first-order valence-corrected chi connectivity index (χ1v) is 29.6. The van der Waals surface area contributed by atoms with Gasteiger partial charge >= 0.3 is 0 Å². The van der Waals surface area contributed by atoms with Gasteiger partial charge in [0.1, 0.15) is 24.4 Å². The third-order valence-corrected chi connectivity index (χ3v) is 13.4. The fourth-order valence-electron chi connectivity index (χ4n) is 8.70. The molecule has 0 saturated carbocycles. The van der Waals surface area contributed by atoms with E-state index < -0.39 is 49.5 Å². The van der Waals surface area contributed by atoms with Crippen LogP contribution in [0.4, 0.5) is 0 Å². The molecular weight excluding hydrogens is 911 g/mol. The number of hydrogen-bond acceptors (Lipinski definition) is 8. The molecule has 1 fully saturated rings. The van der Waals surface area contributed by atoms with Crippen LogP contribution in [0, 0.1) is 0 Å². The summed E-state index contributed by atoms with van der Waals surface area (Å²) in [5, 5.41) is 54.2. The maximum absolute atomic E-state index is 13.0. The molecule has 0 aromatic heterocycles. The maximum atomic E-state index is 13.0. The summed E-state index contributed by atoms with van der Waals surface area (Å²) in [6, 6.07) is -0.807. The summed E-state index contributed by atoms with van der Waals surface area (Å²) in [5.41, 5.74) is 0. The van der Waals surface area contributed by atoms with Crippen LogP contribution in [0.25, 0.3) is 0 Å². The fourth-order valence-corrected chi connectivity index (χ4v) is 8.70. The van der Waals surface area contributed by atoms with Gasteiger partial charge < -0.3 is 40.3 Å². The molecule has 418 valence electrons. The summed E-state index contributed by atoms with van der Waals surface area (Å²) in [4.78, 5) is 13.0. The highest BCUT2D eigenvalue weighted by molar-refractivity contribution is 5.76. The molecule has 1 saturated heterocycles. The van der Waals surface area contributed by atoms with Gasteiger partial charge in [0.2, 0.25) is 5.91 Å². The van der Waals surface area contributed by atoms with Crippen LogP contribution in [-0.4, -0.2) is 87.5 Å². The molecule has 0 bridgehead atoms. The van der Waals surface area contributed by atoms with Crippen LogP contribution in [0.5, 0.6) is 0 Å². The minimum atomic E-state index is -1.57. The predicted molar refractivity (Wildman–Crippen MR) is 308 cm³/mol. The van der Waals surface area contributed by atoms with Gasteiger partial charge in [-0.2, -0.15) is 0 Å². The second-order valence-electron chi connectivity index (χ2n) is 20.1. The Kier molecular flexibility index (Phi) is 48.6. The van der Waals surface area contributed by atoms with Gasteiger partial charge in [0.05, 0.1) is 25.4 Å². The standard InChI is InChI=1S/C64H109NO8/c1-3-5-7-9-11-13-14-15-16-17-18-19-20-21-22-23-24-25-26-27-28-29-30-31-32-33-34-35-36-37-38-39-40-41-42-43-44-46-48-50-52-54-60(68)65-57(58(67)53-51-49-47-45-12-10-8-6-4-2)56-72-64-63(71)62(70)61(69)59(55-66)73-64/h5,7,11,13,15-16,18-19,21-22,24-25,27-28,30-31,51,53,57-59,61-64,66-67,69-71H,3-4,6,8-10,12,14,17,20,23,26,29,32-50,52,54-56H2,1-2H3,(H,65,68)/b7-5-,13-11-,16-15-,19-18-,22-21-,25-24-,28-27-,31-30-,53-51+. The molecule has 73 heavy (non-hydrogen) atoms. The van der Waals surface area contributed by atoms with Crippen molar-refractivity contribution in [2.45, 2.75) is 275 Å². The minimum absolute atomic E-state index is 0.182. The summed E-state index contributed by atoms with van der Waals surface area (Å²) < 4.78 is 11.2. The number of rotatable bonds is 49. The van der Waals surface area contributed by atoms with Crippen molar-refractivity contribution in [2.75, 3.05) is 13.2 Å². The Labute approximate surface area is 446 Å². The maximum Gasteiger partial charge on any atom is 0.220 e. The van der Waals surface area contributed by atoms with Crippen LogP contribution < -0.4 is 5.32 Å². The average molecular weight is 1020 g/mol. The molecule has 1 aliphatic rings. The first kappa shape index (κ1) is 67.9. The van der Waals surface area contributed by atoms with Crippen molar-refractivity contribution in [3.8, 4) is 0 Å². The highest BCUT2D eigenvalue weighted by Gasteiger charge is 2.44. The zero-order valence-corrected chi connectivity index (χ0v) is 46.4. The van der Waals surface area contributed by atoms with Crippen LogP contribution >= 0.6 is 0 Å². The predicted octanol–water partition coefficient (Wildman–Crippen LogP) is 15.0. The first-order valence-electron chi connectivity index (χ1n) is 29.6. The van der Waals surface area contributed by atoms with E-state index in [1.807, 2.05) is 6.08 Å². The second-order valence-corrected chi connectivity index (χ2v) is 20.1. The van der Waals surface area contributed by atoms with Gasteiger partial charge in [-0.15, -0.1) is 0 Å². The summed E-state index contributed by atoms with van der Waals surface area (Å²) in [6.07, 6.45) is 70.5. The van der Waals surface area contributed by atoms with E-state index >= 15 is 0 Å². The van der Waals surface area contributed by atoms with Crippen LogP contribution in [-0.2, 0) is 14.3 Å². The number of allylic oxidation sites excluding steroid dienone is 17. The van der Waals surface area contributed by atoms with Crippen molar-refractivity contribution in [3.05, 3.63) is 109 Å². The van der Waals surface area contributed by atoms with Crippen LogP contribution in [0.15, 0.2) is 109 Å². The van der Waals surface area contributed by atoms with Gasteiger partial charge in [-0.1, -0.05) is 252 Å². The molecule has 0 aromatic rings. The molecule has 0 radical (unpaired) electrons. The van der Waals surface area contributed by atoms with E-state index in [9.17, 15) is 30.3 Å². The van der Waals surface area contributed by atoms with Crippen molar-refractivity contribution >= 4 is 5.91 Å². The number of carbonyl (C=O) groups excluding carboxylic acids is 1. The van der Waals surface area contributed by atoms with Crippen LogP contribution in [0.3, 0.4) is 0 Å². The van der Waals surface area contributed by atoms with Crippen molar-refractivity contribution < 1.29 is 39.8 Å². The van der Waals surface area contributed by atoms with E-state index in [1.165, 1.54) is 122 Å². The molecule has 9 heteroatoms. The Morgan fingerprint density at radius 2 is 0.849 bits per heavy atom. The molecule has 9 nitrogen and oxygen atoms in total. The number of aliphatic hydroxyl groups is 5. The van der Waals surface area contributed by atoms with E-state index in [1.54, 1.807) is 6.08 Å². The van der Waals surface area contributed by atoms with Gasteiger partial charge in [-0.3, -0.25) is 4.79 Å². The fraction of sp³-hybridized carbons (Fsp3) is 0.703. The second kappa shape index (κ2) is 52.3. The molecule has 0 aliphatic carbocycles. The van der Waals surface area contributed by atoms with E-state index in [-0.39, 0.29) is 12.5 Å². The highest BCUT2D eigenvalue weighted by Crippen LogP contribution is 2.23. The van der Waals surface area contributed by atoms with Crippen molar-refractivity contribution in [3.63, 3.8) is 0 Å². The Hall–Kier alpha value is -3.15. The Balaban J connectivity index is 2.04. The third-order valence-electron chi connectivity index (χ3n) is 13.4. The van der Waals surface area contributed by atoms with Crippen LogP contribution in [0.2, 0.25) is 0 Å². The number of aliphatic hydroxyl groups excluding tert-OH is 5. The quantitative estimate of drug-likeness (QED) is 0.0261. The number of nitrogens with one attached hydrogen (secondary N) is 1. The SMILES string of the molecule is CC/C=C\C/C=C\C/C=C\C/C=C\C/C=C\C/C=C\C/C=C\C/C=C\CCCCCCCCCCCCCCCCCCC(=O)NC(COC1OC(CO)C(O)C(O)C1O)C(O)/C=C/CCCCCCCCC. The molecule has 1 aliphatic heterocycles. The van der Waals surface area contributed by atoms with Gasteiger partial charge in [0.15, 0.2) is 6.29 Å². The van der Waals surface area contributed by atoms with Crippen LogP contribution in [0.1, 0.15) is 232 Å². The van der Waals surface area contributed by atoms with Gasteiger partial charge in [-0.05, 0) is 83.5 Å². The summed E-state index contributed by atoms with van der Waals surface area (Å²) in [7, 11) is 0. The number of ether oxygens (including phenoxy) is 2. The Morgan fingerprint density at radius 1 is 0.479 bits per heavy atom. The lowest BCUT2D eigenvalue weighted by atomic mass is 9.99. The molecule has 7 unspecified atom stereocenters. The third kappa shape index (κ3) is 41.7. The lowest BCUT2D eigenvalue weighted by Crippen LogP contribution is -2.60. The lowest BCUT2D eigenvalue weighted by molar-refractivity contribution is -0.302. The Bertz CT molecular complexity index is 1510. The number of carbonyl (C=O) groups is 1. The van der Waals surface area contributed by atoms with Gasteiger partial charge in [0.25, 0.3) is 0 Å². The molecule has 1 heterocycles. The molecular formula is C64H109NO8. The summed E-state index contributed by atoms with van der Waals surface area (Å²) in [5.74, 6) is -0.182. The number of amides is 1. The molecule has 0 aromatic carbocycles. The normalized spacial score (nSPS) is 19.9. The van der Waals surface area contributed by atoms with Gasteiger partial charge in [-0.25, -0.2) is 0 Å². The average Bonchev–Trinajstić information content (AvgIpc) is 3.39. The smallest absolute Gasteiger partial charge is 0.220 e. The van der Waals surface area contributed by atoms with Crippen molar-refractivity contribution in [1.29, 1.82) is 0 Å². The molecule has 1 amide bonds. The Morgan fingerprint density at radius 3 is 1.26 bits per heavy atom. The molecule has 0 spiro atoms. The number of hydrogen-bond donors (Lipinski definition) is 6. The lowest BCUT2D eigenvalue weighted by Gasteiger charge is -2.40. The zero-order valence-electron chi connectivity index (χ0n) is 46.4. The van der Waals surface area contributed by atoms with E-state index in [0.29, 0.717) is 6.42 Å². The van der Waals surface area contributed by atoms with Gasteiger partial charge in [0, 0.05) is 6.42 Å². The molecule has 6 N–H and O–H groups in total. The van der Waals surface area contributed by atoms with Crippen molar-refractivity contribution in [1.82, 2.24) is 5.32 Å². The summed E-state index contributed by atoms with van der Waals surface area (Å²) in [6.45, 7) is 3.62. The minimum Gasteiger partial charge on any atom is -0.394 e. The molecule has 7 atom stereocenters. The van der Waals surface area contributed by atoms with Crippen molar-refractivity contribution in [2.24, 2.45) is 0 Å². The van der Waals surface area contributed by atoms with E-state index in [0.717, 1.165) is 89.9 Å². The van der Waals surface area contributed by atoms with E-state index in [4.69, 9.17) is 9.47 Å². The number of unbranched alkanes of at least 4 members (excludes halogenated alkanes) is 23. The first-order chi connectivity index (χ1) is 35.8.